The normalized spacial score (nSPS) is 15.3. The summed E-state index contributed by atoms with van der Waals surface area (Å²) in [6.07, 6.45) is -6.05. The molecule has 0 bridgehead atoms. The number of halogens is 3. The standard InChI is InChI=1S/C25H27F3N2O5/c1-3-14(2)12-20(23(32)33)29-22(31)21(25(26,27)28)30-24(34)35-13-19-17-10-6-4-8-15(17)16-9-5-7-11-18(16)19/h4-11,14,19-21H,3,12-13H2,1-2H3,(H,29,31)(H,30,34)(H,32,33). The van der Waals surface area contributed by atoms with Gasteiger partial charge in [0.15, 0.2) is 0 Å². The summed E-state index contributed by atoms with van der Waals surface area (Å²) < 4.78 is 45.8. The van der Waals surface area contributed by atoms with E-state index in [9.17, 15) is 32.7 Å². The van der Waals surface area contributed by atoms with Crippen molar-refractivity contribution in [1.29, 1.82) is 0 Å². The molecule has 35 heavy (non-hydrogen) atoms. The highest BCUT2D eigenvalue weighted by molar-refractivity contribution is 5.90. The minimum Gasteiger partial charge on any atom is -0.480 e. The Morgan fingerprint density at radius 1 is 1.00 bits per heavy atom. The van der Waals surface area contributed by atoms with E-state index in [4.69, 9.17) is 4.74 Å². The number of fused-ring (bicyclic) bond motifs is 3. The van der Waals surface area contributed by atoms with Crippen molar-refractivity contribution in [2.45, 2.75) is 50.9 Å². The molecule has 0 heterocycles. The maximum absolute atomic E-state index is 13.6. The third-order valence-corrected chi connectivity index (χ3v) is 6.14. The Labute approximate surface area is 200 Å². The average Bonchev–Trinajstić information content (AvgIpc) is 3.13. The number of amides is 2. The molecule has 0 saturated carbocycles. The van der Waals surface area contributed by atoms with Crippen LogP contribution in [0.2, 0.25) is 0 Å². The second kappa shape index (κ2) is 10.8. The van der Waals surface area contributed by atoms with Gasteiger partial charge in [0.05, 0.1) is 0 Å². The molecule has 3 N–H and O–H groups in total. The minimum absolute atomic E-state index is 0.0485. The van der Waals surface area contributed by atoms with E-state index in [-0.39, 0.29) is 24.9 Å². The molecule has 1 aliphatic carbocycles. The van der Waals surface area contributed by atoms with Gasteiger partial charge in [-0.05, 0) is 34.6 Å². The van der Waals surface area contributed by atoms with Crippen LogP contribution in [0.4, 0.5) is 18.0 Å². The lowest BCUT2D eigenvalue weighted by Crippen LogP contribution is -2.58. The topological polar surface area (TPSA) is 105 Å². The Morgan fingerprint density at radius 3 is 2.03 bits per heavy atom. The molecular weight excluding hydrogens is 465 g/mol. The van der Waals surface area contributed by atoms with Gasteiger partial charge in [-0.2, -0.15) is 13.2 Å². The fourth-order valence-electron chi connectivity index (χ4n) is 4.10. The molecule has 7 nitrogen and oxygen atoms in total. The van der Waals surface area contributed by atoms with E-state index in [1.54, 1.807) is 19.2 Å². The number of rotatable bonds is 9. The smallest absolute Gasteiger partial charge is 0.417 e. The van der Waals surface area contributed by atoms with Gasteiger partial charge < -0.3 is 20.5 Å². The molecule has 0 aliphatic heterocycles. The van der Waals surface area contributed by atoms with Crippen molar-refractivity contribution >= 4 is 18.0 Å². The summed E-state index contributed by atoms with van der Waals surface area (Å²) in [5, 5.41) is 12.7. The van der Waals surface area contributed by atoms with E-state index in [1.807, 2.05) is 53.8 Å². The monoisotopic (exact) mass is 492 g/mol. The number of ether oxygens (including phenoxy) is 1. The molecule has 2 aromatic carbocycles. The predicted molar refractivity (Wildman–Crippen MR) is 122 cm³/mol. The van der Waals surface area contributed by atoms with Gasteiger partial charge in [-0.1, -0.05) is 68.8 Å². The summed E-state index contributed by atoms with van der Waals surface area (Å²) in [4.78, 5) is 36.1. The number of carbonyl (C=O) groups is 3. The number of aliphatic carboxylic acids is 1. The summed E-state index contributed by atoms with van der Waals surface area (Å²) >= 11 is 0. The third-order valence-electron chi connectivity index (χ3n) is 6.14. The van der Waals surface area contributed by atoms with E-state index in [1.165, 1.54) is 0 Å². The first kappa shape index (κ1) is 26.1. The second-order valence-corrected chi connectivity index (χ2v) is 8.59. The predicted octanol–water partition coefficient (Wildman–Crippen LogP) is 4.46. The molecule has 3 rings (SSSR count). The van der Waals surface area contributed by atoms with Crippen molar-refractivity contribution < 1.29 is 37.4 Å². The number of carbonyl (C=O) groups excluding carboxylic acids is 2. The van der Waals surface area contributed by atoms with Crippen molar-refractivity contribution in [3.8, 4) is 11.1 Å². The highest BCUT2D eigenvalue weighted by Gasteiger charge is 2.47. The van der Waals surface area contributed by atoms with Crippen LogP contribution in [0.15, 0.2) is 48.5 Å². The summed E-state index contributed by atoms with van der Waals surface area (Å²) in [5.74, 6) is -3.64. The molecule has 0 saturated heterocycles. The fourth-order valence-corrected chi connectivity index (χ4v) is 4.10. The Hall–Kier alpha value is -3.56. The number of hydrogen-bond acceptors (Lipinski definition) is 4. The Morgan fingerprint density at radius 2 is 1.54 bits per heavy atom. The molecule has 188 valence electrons. The largest absolute Gasteiger partial charge is 0.480 e. The van der Waals surface area contributed by atoms with Gasteiger partial charge in [-0.25, -0.2) is 9.59 Å². The van der Waals surface area contributed by atoms with Crippen molar-refractivity contribution in [2.75, 3.05) is 6.61 Å². The molecule has 3 unspecified atom stereocenters. The number of benzene rings is 2. The molecule has 3 atom stereocenters. The summed E-state index contributed by atoms with van der Waals surface area (Å²) in [5.41, 5.74) is 3.65. The first-order valence-electron chi connectivity index (χ1n) is 11.2. The van der Waals surface area contributed by atoms with Crippen LogP contribution in [0.5, 0.6) is 0 Å². The number of nitrogens with one attached hydrogen (secondary N) is 2. The first-order chi connectivity index (χ1) is 16.5. The van der Waals surface area contributed by atoms with Crippen molar-refractivity contribution in [3.05, 3.63) is 59.7 Å². The van der Waals surface area contributed by atoms with E-state index in [0.29, 0.717) is 6.42 Å². The highest BCUT2D eigenvalue weighted by atomic mass is 19.4. The van der Waals surface area contributed by atoms with Gasteiger partial charge in [0.1, 0.15) is 12.6 Å². The first-order valence-corrected chi connectivity index (χ1v) is 11.2. The molecule has 2 aromatic rings. The quantitative estimate of drug-likeness (QED) is 0.479. The molecule has 1 aliphatic rings. The zero-order chi connectivity index (χ0) is 25.8. The molecule has 0 fully saturated rings. The molecule has 0 aromatic heterocycles. The lowest BCUT2D eigenvalue weighted by molar-refractivity contribution is -0.169. The van der Waals surface area contributed by atoms with Gasteiger partial charge in [0.25, 0.3) is 5.91 Å². The maximum atomic E-state index is 13.6. The van der Waals surface area contributed by atoms with E-state index < -0.39 is 36.2 Å². The zero-order valence-electron chi connectivity index (χ0n) is 19.3. The SMILES string of the molecule is CCC(C)CC(NC(=O)C(NC(=O)OCC1c2ccccc2-c2ccccc21)C(F)(F)F)C(=O)O. The van der Waals surface area contributed by atoms with Gasteiger partial charge in [-0.3, -0.25) is 4.79 Å². The third kappa shape index (κ3) is 6.12. The van der Waals surface area contributed by atoms with Crippen molar-refractivity contribution in [1.82, 2.24) is 10.6 Å². The van der Waals surface area contributed by atoms with E-state index in [0.717, 1.165) is 22.3 Å². The van der Waals surface area contributed by atoms with E-state index >= 15 is 0 Å². The fraction of sp³-hybridized carbons (Fsp3) is 0.400. The Balaban J connectivity index is 1.69. The molecule has 10 heteroatoms. The lowest BCUT2D eigenvalue weighted by Gasteiger charge is -2.24. The zero-order valence-corrected chi connectivity index (χ0v) is 19.3. The van der Waals surface area contributed by atoms with Gasteiger partial charge >= 0.3 is 18.2 Å². The van der Waals surface area contributed by atoms with Crippen LogP contribution in [0.25, 0.3) is 11.1 Å². The number of carboxylic acid groups (broad SMARTS) is 1. The van der Waals surface area contributed by atoms with Gasteiger partial charge in [0.2, 0.25) is 6.04 Å². The van der Waals surface area contributed by atoms with Gasteiger partial charge in [0, 0.05) is 5.92 Å². The van der Waals surface area contributed by atoms with Crippen LogP contribution in [-0.2, 0) is 14.3 Å². The van der Waals surface area contributed by atoms with Crippen LogP contribution in [0, 0.1) is 5.92 Å². The van der Waals surface area contributed by atoms with Crippen LogP contribution in [-0.4, -0.2) is 47.9 Å². The average molecular weight is 492 g/mol. The van der Waals surface area contributed by atoms with Crippen LogP contribution in [0.1, 0.15) is 43.7 Å². The van der Waals surface area contributed by atoms with Crippen molar-refractivity contribution in [2.24, 2.45) is 5.92 Å². The van der Waals surface area contributed by atoms with Crippen LogP contribution in [0.3, 0.4) is 0 Å². The summed E-state index contributed by atoms with van der Waals surface area (Å²) in [7, 11) is 0. The number of hydrogen-bond donors (Lipinski definition) is 3. The minimum atomic E-state index is -5.16. The summed E-state index contributed by atoms with van der Waals surface area (Å²) in [6.45, 7) is 3.28. The number of carboxylic acids is 1. The van der Waals surface area contributed by atoms with Crippen molar-refractivity contribution in [3.63, 3.8) is 0 Å². The number of alkyl carbamates (subject to hydrolysis) is 1. The van der Waals surface area contributed by atoms with Crippen LogP contribution < -0.4 is 10.6 Å². The maximum Gasteiger partial charge on any atom is 0.417 e. The number of alkyl halides is 3. The highest BCUT2D eigenvalue weighted by Crippen LogP contribution is 2.44. The summed E-state index contributed by atoms with van der Waals surface area (Å²) in [6, 6.07) is 10.4. The van der Waals surface area contributed by atoms with Crippen LogP contribution >= 0.6 is 0 Å². The van der Waals surface area contributed by atoms with Gasteiger partial charge in [-0.15, -0.1) is 0 Å². The lowest BCUT2D eigenvalue weighted by atomic mass is 9.98. The second-order valence-electron chi connectivity index (χ2n) is 8.59. The Bertz CT molecular complexity index is 1040. The Kier molecular flexibility index (Phi) is 8.03. The molecule has 0 radical (unpaired) electrons. The molecule has 0 spiro atoms. The van der Waals surface area contributed by atoms with E-state index in [2.05, 4.69) is 0 Å². The molecule has 2 amide bonds. The molecular formula is C25H27F3N2O5.